The van der Waals surface area contributed by atoms with Crippen LogP contribution in [0.2, 0.25) is 0 Å². The average Bonchev–Trinajstić information content (AvgIpc) is 2.52. The molecule has 0 aliphatic heterocycles. The molecule has 3 N–H and O–H groups in total. The van der Waals surface area contributed by atoms with Crippen molar-refractivity contribution in [3.8, 4) is 5.88 Å². The molecule has 0 bridgehead atoms. The molecule has 1 unspecified atom stereocenters. The van der Waals surface area contributed by atoms with Crippen LogP contribution in [0.25, 0.3) is 0 Å². The minimum Gasteiger partial charge on any atom is -0.479 e. The highest BCUT2D eigenvalue weighted by Crippen LogP contribution is 2.11. The number of aromatic nitrogens is 1. The van der Waals surface area contributed by atoms with Gasteiger partial charge in [-0.1, -0.05) is 0 Å². The Morgan fingerprint density at radius 1 is 1.83 bits per heavy atom. The van der Waals surface area contributed by atoms with Gasteiger partial charge in [-0.2, -0.15) is 0 Å². The van der Waals surface area contributed by atoms with Crippen LogP contribution in [0.5, 0.6) is 5.88 Å². The first-order chi connectivity index (χ1) is 5.76. The lowest BCUT2D eigenvalue weighted by molar-refractivity contribution is 0.254. The molecule has 1 aromatic rings. The van der Waals surface area contributed by atoms with Crippen LogP contribution in [0.1, 0.15) is 5.76 Å². The molecular weight excluding hydrogens is 160 g/mol. The van der Waals surface area contributed by atoms with E-state index in [-0.39, 0.29) is 12.6 Å². The largest absolute Gasteiger partial charge is 0.479 e. The van der Waals surface area contributed by atoms with Crippen molar-refractivity contribution in [2.24, 2.45) is 5.73 Å². The molecule has 0 aliphatic carbocycles. The van der Waals surface area contributed by atoms with E-state index in [2.05, 4.69) is 5.16 Å². The van der Waals surface area contributed by atoms with Crippen molar-refractivity contribution in [3.63, 3.8) is 0 Å². The normalized spacial score (nSPS) is 12.9. The molecule has 1 atom stereocenters. The summed E-state index contributed by atoms with van der Waals surface area (Å²) in [6.07, 6.45) is 0.465. The van der Waals surface area contributed by atoms with Gasteiger partial charge in [0.25, 0.3) is 5.88 Å². The summed E-state index contributed by atoms with van der Waals surface area (Å²) in [5.74, 6) is 1.04. The maximum Gasteiger partial charge on any atom is 0.254 e. The van der Waals surface area contributed by atoms with Gasteiger partial charge in [0.15, 0.2) is 0 Å². The Balaban J connectivity index is 2.52. The predicted molar refractivity (Wildman–Crippen MR) is 41.8 cm³/mol. The van der Waals surface area contributed by atoms with E-state index >= 15 is 0 Å². The average molecular weight is 172 g/mol. The van der Waals surface area contributed by atoms with E-state index in [0.29, 0.717) is 18.1 Å². The second-order valence-corrected chi connectivity index (χ2v) is 2.48. The summed E-state index contributed by atoms with van der Waals surface area (Å²) < 4.78 is 9.66. The molecule has 0 spiro atoms. The molecule has 0 saturated carbocycles. The number of hydrogen-bond donors (Lipinski definition) is 2. The van der Waals surface area contributed by atoms with E-state index in [1.165, 1.54) is 7.11 Å². The number of nitrogens with zero attached hydrogens (tertiary/aromatic N) is 1. The Morgan fingerprint density at radius 3 is 3.08 bits per heavy atom. The fraction of sp³-hybridized carbons (Fsp3) is 0.571. The van der Waals surface area contributed by atoms with Crippen molar-refractivity contribution in [3.05, 3.63) is 11.8 Å². The Labute approximate surface area is 70.1 Å². The highest BCUT2D eigenvalue weighted by molar-refractivity contribution is 5.11. The highest BCUT2D eigenvalue weighted by Gasteiger charge is 2.08. The second kappa shape index (κ2) is 4.08. The zero-order valence-corrected chi connectivity index (χ0v) is 6.86. The Hall–Kier alpha value is -1.07. The zero-order chi connectivity index (χ0) is 8.97. The monoisotopic (exact) mass is 172 g/mol. The fourth-order valence-electron chi connectivity index (χ4n) is 0.809. The molecule has 0 amide bonds. The number of aliphatic hydroxyl groups excluding tert-OH is 1. The van der Waals surface area contributed by atoms with Crippen LogP contribution < -0.4 is 10.5 Å². The molecule has 0 radical (unpaired) electrons. The van der Waals surface area contributed by atoms with Crippen LogP contribution in [0.4, 0.5) is 0 Å². The molecular formula is C7H12N2O3. The topological polar surface area (TPSA) is 81.5 Å². The Morgan fingerprint density at radius 2 is 2.58 bits per heavy atom. The van der Waals surface area contributed by atoms with Gasteiger partial charge in [0, 0.05) is 18.5 Å². The molecule has 68 valence electrons. The molecule has 1 heterocycles. The first-order valence-corrected chi connectivity index (χ1v) is 3.62. The van der Waals surface area contributed by atoms with Crippen LogP contribution in [0.3, 0.4) is 0 Å². The summed E-state index contributed by atoms with van der Waals surface area (Å²) in [6.45, 7) is -0.0665. The van der Waals surface area contributed by atoms with E-state index in [1.54, 1.807) is 6.07 Å². The molecule has 0 aliphatic rings. The quantitative estimate of drug-likeness (QED) is 0.642. The van der Waals surface area contributed by atoms with E-state index in [0.717, 1.165) is 0 Å². The number of ether oxygens (including phenoxy) is 1. The third-order valence-electron chi connectivity index (χ3n) is 1.44. The smallest absolute Gasteiger partial charge is 0.254 e. The molecule has 12 heavy (non-hydrogen) atoms. The summed E-state index contributed by atoms with van der Waals surface area (Å²) in [6, 6.07) is 1.35. The van der Waals surface area contributed by atoms with Gasteiger partial charge in [0.05, 0.1) is 13.7 Å². The first-order valence-electron chi connectivity index (χ1n) is 3.62. The lowest BCUT2D eigenvalue weighted by Gasteiger charge is -2.02. The van der Waals surface area contributed by atoms with Gasteiger partial charge in [0.2, 0.25) is 0 Å². The maximum absolute atomic E-state index is 8.64. The standard InChI is InChI=1S/C7H12N2O3/c1-11-7-3-6(12-9-7)2-5(8)4-10/h3,5,10H,2,4,8H2,1H3. The minimum atomic E-state index is -0.303. The van der Waals surface area contributed by atoms with Crippen molar-refractivity contribution >= 4 is 0 Å². The zero-order valence-electron chi connectivity index (χ0n) is 6.86. The summed E-state index contributed by atoms with van der Waals surface area (Å²) in [4.78, 5) is 0. The number of methoxy groups -OCH3 is 1. The fourth-order valence-corrected chi connectivity index (χ4v) is 0.809. The Kier molecular flexibility index (Phi) is 3.07. The summed E-state index contributed by atoms with van der Waals surface area (Å²) in [5, 5.41) is 12.2. The number of aliphatic hydroxyl groups is 1. The summed E-state index contributed by atoms with van der Waals surface area (Å²) in [5.41, 5.74) is 5.48. The van der Waals surface area contributed by atoms with E-state index in [4.69, 9.17) is 20.1 Å². The first kappa shape index (κ1) is 9.02. The van der Waals surface area contributed by atoms with Crippen molar-refractivity contribution in [1.29, 1.82) is 0 Å². The molecule has 5 nitrogen and oxygen atoms in total. The Bertz CT molecular complexity index is 236. The van der Waals surface area contributed by atoms with Crippen molar-refractivity contribution in [1.82, 2.24) is 5.16 Å². The van der Waals surface area contributed by atoms with E-state index in [1.807, 2.05) is 0 Å². The van der Waals surface area contributed by atoms with Crippen LogP contribution in [0.15, 0.2) is 10.6 Å². The lowest BCUT2D eigenvalue weighted by Crippen LogP contribution is -2.26. The third-order valence-corrected chi connectivity index (χ3v) is 1.44. The summed E-state index contributed by atoms with van der Waals surface area (Å²) in [7, 11) is 1.51. The van der Waals surface area contributed by atoms with Crippen LogP contribution in [0, 0.1) is 0 Å². The van der Waals surface area contributed by atoms with Gasteiger partial charge in [-0.15, -0.1) is 0 Å². The molecule has 1 rings (SSSR count). The molecule has 0 fully saturated rings. The van der Waals surface area contributed by atoms with Crippen LogP contribution >= 0.6 is 0 Å². The molecule has 0 saturated heterocycles. The van der Waals surface area contributed by atoms with Gasteiger partial charge in [-0.25, -0.2) is 0 Å². The summed E-state index contributed by atoms with van der Waals surface area (Å²) >= 11 is 0. The van der Waals surface area contributed by atoms with E-state index in [9.17, 15) is 0 Å². The third kappa shape index (κ3) is 2.21. The highest BCUT2D eigenvalue weighted by atomic mass is 16.5. The predicted octanol–water partition coefficient (Wildman–Crippen LogP) is -0.455. The van der Waals surface area contributed by atoms with Crippen molar-refractivity contribution in [2.45, 2.75) is 12.5 Å². The molecule has 0 aromatic carbocycles. The second-order valence-electron chi connectivity index (χ2n) is 2.48. The molecule has 5 heteroatoms. The van der Waals surface area contributed by atoms with Gasteiger partial charge in [-0.05, 0) is 5.16 Å². The minimum absolute atomic E-state index is 0.0665. The van der Waals surface area contributed by atoms with Gasteiger partial charge < -0.3 is 20.1 Å². The van der Waals surface area contributed by atoms with Crippen LogP contribution in [-0.2, 0) is 6.42 Å². The molecule has 1 aromatic heterocycles. The number of nitrogens with two attached hydrogens (primary N) is 1. The van der Waals surface area contributed by atoms with Gasteiger partial charge in [-0.3, -0.25) is 0 Å². The van der Waals surface area contributed by atoms with Crippen LogP contribution in [-0.4, -0.2) is 30.0 Å². The maximum atomic E-state index is 8.64. The van der Waals surface area contributed by atoms with Crippen molar-refractivity contribution < 1.29 is 14.4 Å². The van der Waals surface area contributed by atoms with Crippen molar-refractivity contribution in [2.75, 3.05) is 13.7 Å². The number of hydrogen-bond acceptors (Lipinski definition) is 5. The number of rotatable bonds is 4. The lowest BCUT2D eigenvalue weighted by atomic mass is 10.2. The van der Waals surface area contributed by atoms with Gasteiger partial charge >= 0.3 is 0 Å². The van der Waals surface area contributed by atoms with E-state index < -0.39 is 0 Å². The SMILES string of the molecule is COc1cc(CC(N)CO)on1. The van der Waals surface area contributed by atoms with Gasteiger partial charge in [0.1, 0.15) is 5.76 Å².